The zero-order chi connectivity index (χ0) is 9.30. The molecule has 0 aliphatic carbocycles. The van der Waals surface area contributed by atoms with Crippen molar-refractivity contribution >= 4 is 17.6 Å². The number of halogens is 1. The number of hydrogen-bond acceptors (Lipinski definition) is 3. The van der Waals surface area contributed by atoms with Crippen molar-refractivity contribution in [2.45, 2.75) is 19.8 Å². The van der Waals surface area contributed by atoms with E-state index < -0.39 is 5.97 Å². The van der Waals surface area contributed by atoms with E-state index in [0.29, 0.717) is 5.76 Å². The number of aromatic nitrogens is 1. The summed E-state index contributed by atoms with van der Waals surface area (Å²) in [7, 11) is 0. The molecule has 1 rings (SSSR count). The van der Waals surface area contributed by atoms with E-state index in [-0.39, 0.29) is 17.0 Å². The molecular weight excluding hydrogens is 182 g/mol. The van der Waals surface area contributed by atoms with Gasteiger partial charge >= 0.3 is 11.9 Å². The van der Waals surface area contributed by atoms with Gasteiger partial charge in [-0.05, 0) is 0 Å². The number of carboxylic acid groups (broad SMARTS) is 1. The Bertz CT molecular complexity index is 306. The van der Waals surface area contributed by atoms with Gasteiger partial charge in [0.25, 0.3) is 0 Å². The Balaban J connectivity index is 3.09. The molecule has 1 heterocycles. The highest BCUT2D eigenvalue weighted by Gasteiger charge is 2.18. The summed E-state index contributed by atoms with van der Waals surface area (Å²) in [6, 6.07) is 0. The second kappa shape index (κ2) is 3.15. The van der Waals surface area contributed by atoms with Gasteiger partial charge < -0.3 is 9.52 Å². The molecule has 0 saturated heterocycles. The summed E-state index contributed by atoms with van der Waals surface area (Å²) in [5.41, 5.74) is 0. The highest BCUT2D eigenvalue weighted by Crippen LogP contribution is 2.24. The lowest BCUT2D eigenvalue weighted by atomic mass is 10.2. The second-order valence-electron chi connectivity index (χ2n) is 2.63. The SMILES string of the molecule is CC(C)c1oc(C(=O)O)nc1Cl. The minimum absolute atomic E-state index is 0.0399. The summed E-state index contributed by atoms with van der Waals surface area (Å²) >= 11 is 5.62. The number of oxazole rings is 1. The molecule has 0 aromatic carbocycles. The van der Waals surface area contributed by atoms with E-state index in [1.54, 1.807) is 0 Å². The maximum Gasteiger partial charge on any atom is 0.392 e. The van der Waals surface area contributed by atoms with Gasteiger partial charge in [0.2, 0.25) is 0 Å². The molecule has 0 unspecified atom stereocenters. The normalized spacial score (nSPS) is 10.7. The van der Waals surface area contributed by atoms with Crippen molar-refractivity contribution in [2.75, 3.05) is 0 Å². The summed E-state index contributed by atoms with van der Waals surface area (Å²) in [4.78, 5) is 13.9. The molecule has 66 valence electrons. The fourth-order valence-corrected chi connectivity index (χ4v) is 1.09. The molecule has 0 atom stereocenters. The highest BCUT2D eigenvalue weighted by atomic mass is 35.5. The Morgan fingerprint density at radius 3 is 2.50 bits per heavy atom. The van der Waals surface area contributed by atoms with Gasteiger partial charge in [0.15, 0.2) is 5.15 Å². The van der Waals surface area contributed by atoms with Crippen molar-refractivity contribution < 1.29 is 14.3 Å². The number of carboxylic acids is 1. The number of rotatable bonds is 2. The molecule has 1 aromatic heterocycles. The van der Waals surface area contributed by atoms with E-state index in [0.717, 1.165) is 0 Å². The smallest absolute Gasteiger partial charge is 0.392 e. The van der Waals surface area contributed by atoms with Gasteiger partial charge in [0, 0.05) is 5.92 Å². The lowest BCUT2D eigenvalue weighted by Gasteiger charge is -1.96. The molecule has 0 spiro atoms. The third-order valence-corrected chi connectivity index (χ3v) is 1.59. The first kappa shape index (κ1) is 9.06. The number of carbonyl (C=O) groups is 1. The maximum absolute atomic E-state index is 10.4. The first-order valence-electron chi connectivity index (χ1n) is 3.42. The van der Waals surface area contributed by atoms with Crippen LogP contribution >= 0.6 is 11.6 Å². The van der Waals surface area contributed by atoms with E-state index in [9.17, 15) is 4.79 Å². The molecule has 0 aliphatic heterocycles. The molecule has 4 nitrogen and oxygen atoms in total. The molecule has 0 amide bonds. The van der Waals surface area contributed by atoms with Crippen LogP contribution in [0.5, 0.6) is 0 Å². The molecule has 0 bridgehead atoms. The van der Waals surface area contributed by atoms with Gasteiger partial charge in [-0.25, -0.2) is 4.79 Å². The molecule has 0 fully saturated rings. The van der Waals surface area contributed by atoms with Crippen molar-refractivity contribution in [1.82, 2.24) is 4.98 Å². The molecule has 0 saturated carbocycles. The molecule has 5 heteroatoms. The first-order valence-corrected chi connectivity index (χ1v) is 3.79. The predicted molar refractivity (Wildman–Crippen MR) is 42.6 cm³/mol. The number of nitrogens with zero attached hydrogens (tertiary/aromatic N) is 1. The van der Waals surface area contributed by atoms with Crippen molar-refractivity contribution in [2.24, 2.45) is 0 Å². The van der Waals surface area contributed by atoms with E-state index in [4.69, 9.17) is 21.1 Å². The Hall–Kier alpha value is -1.03. The molecular formula is C7H8ClNO3. The third kappa shape index (κ3) is 1.58. The third-order valence-electron chi connectivity index (χ3n) is 1.32. The fourth-order valence-electron chi connectivity index (χ4n) is 0.761. The van der Waals surface area contributed by atoms with Crippen LogP contribution in [0.1, 0.15) is 36.2 Å². The fraction of sp³-hybridized carbons (Fsp3) is 0.429. The van der Waals surface area contributed by atoms with E-state index >= 15 is 0 Å². The van der Waals surface area contributed by atoms with Crippen LogP contribution in [0.2, 0.25) is 5.15 Å². The Kier molecular flexibility index (Phi) is 2.38. The molecule has 1 N–H and O–H groups in total. The van der Waals surface area contributed by atoms with Crippen molar-refractivity contribution in [3.05, 3.63) is 16.8 Å². The maximum atomic E-state index is 10.4. The van der Waals surface area contributed by atoms with Crippen LogP contribution in [0, 0.1) is 0 Å². The Labute approximate surface area is 74.2 Å². The number of aromatic carboxylic acids is 1. The summed E-state index contributed by atoms with van der Waals surface area (Å²) < 4.78 is 4.89. The monoisotopic (exact) mass is 189 g/mol. The lowest BCUT2D eigenvalue weighted by molar-refractivity contribution is 0.0651. The van der Waals surface area contributed by atoms with Gasteiger partial charge in [-0.1, -0.05) is 25.4 Å². The topological polar surface area (TPSA) is 63.3 Å². The minimum atomic E-state index is -1.20. The van der Waals surface area contributed by atoms with Crippen LogP contribution < -0.4 is 0 Å². The Morgan fingerprint density at radius 2 is 2.25 bits per heavy atom. The van der Waals surface area contributed by atoms with Crippen molar-refractivity contribution in [3.8, 4) is 0 Å². The van der Waals surface area contributed by atoms with Crippen LogP contribution in [0.25, 0.3) is 0 Å². The largest absolute Gasteiger partial charge is 0.474 e. The van der Waals surface area contributed by atoms with Gasteiger partial charge in [-0.3, -0.25) is 0 Å². The predicted octanol–water partition coefficient (Wildman–Crippen LogP) is 2.15. The number of hydrogen-bond donors (Lipinski definition) is 1. The standard InChI is InChI=1S/C7H8ClNO3/c1-3(2)4-5(8)9-6(12-4)7(10)11/h3H,1-2H3,(H,10,11). The average Bonchev–Trinajstić information content (AvgIpc) is 2.30. The lowest BCUT2D eigenvalue weighted by Crippen LogP contribution is -1.95. The van der Waals surface area contributed by atoms with E-state index in [2.05, 4.69) is 4.98 Å². The van der Waals surface area contributed by atoms with Crippen LogP contribution in [0.4, 0.5) is 0 Å². The van der Waals surface area contributed by atoms with Gasteiger partial charge in [-0.15, -0.1) is 0 Å². The van der Waals surface area contributed by atoms with Gasteiger partial charge in [0.05, 0.1) is 0 Å². The molecule has 1 aromatic rings. The van der Waals surface area contributed by atoms with Crippen LogP contribution in [0.15, 0.2) is 4.42 Å². The van der Waals surface area contributed by atoms with Gasteiger partial charge in [-0.2, -0.15) is 4.98 Å². The zero-order valence-electron chi connectivity index (χ0n) is 6.67. The Morgan fingerprint density at radius 1 is 1.67 bits per heavy atom. The molecule has 0 aliphatic rings. The van der Waals surface area contributed by atoms with E-state index in [1.165, 1.54) is 0 Å². The minimum Gasteiger partial charge on any atom is -0.474 e. The summed E-state index contributed by atoms with van der Waals surface area (Å²) in [6.45, 7) is 3.69. The van der Waals surface area contributed by atoms with Gasteiger partial charge in [0.1, 0.15) is 5.76 Å². The van der Waals surface area contributed by atoms with Crippen molar-refractivity contribution in [3.63, 3.8) is 0 Å². The summed E-state index contributed by atoms with van der Waals surface area (Å²) in [5, 5.41) is 8.62. The summed E-state index contributed by atoms with van der Waals surface area (Å²) in [5.74, 6) is -1.11. The van der Waals surface area contributed by atoms with E-state index in [1.807, 2.05) is 13.8 Å². The van der Waals surface area contributed by atoms with Crippen LogP contribution in [-0.2, 0) is 0 Å². The summed E-state index contributed by atoms with van der Waals surface area (Å²) in [6.07, 6.45) is 0. The second-order valence-corrected chi connectivity index (χ2v) is 2.99. The molecule has 12 heavy (non-hydrogen) atoms. The van der Waals surface area contributed by atoms with Crippen LogP contribution in [0.3, 0.4) is 0 Å². The highest BCUT2D eigenvalue weighted by molar-refractivity contribution is 6.30. The van der Waals surface area contributed by atoms with Crippen molar-refractivity contribution in [1.29, 1.82) is 0 Å². The first-order chi connectivity index (χ1) is 5.52. The zero-order valence-corrected chi connectivity index (χ0v) is 7.42. The average molecular weight is 190 g/mol. The van der Waals surface area contributed by atoms with Crippen LogP contribution in [-0.4, -0.2) is 16.1 Å². The quantitative estimate of drug-likeness (QED) is 0.774. The molecule has 0 radical (unpaired) electrons.